The van der Waals surface area contributed by atoms with E-state index < -0.39 is 11.7 Å². The maximum Gasteiger partial charge on any atom is 0.408 e. The summed E-state index contributed by atoms with van der Waals surface area (Å²) in [7, 11) is 3.18. The Morgan fingerprint density at radius 1 is 1.09 bits per heavy atom. The number of hydrogen-bond acceptors (Lipinski definition) is 4. The lowest BCUT2D eigenvalue weighted by molar-refractivity contribution is 0.0489. The molecular weight excluding hydrogens is 282 g/mol. The number of nitrogens with one attached hydrogen (secondary N) is 1. The van der Waals surface area contributed by atoms with Crippen LogP contribution in [0.1, 0.15) is 46.2 Å². The average molecular weight is 309 g/mol. The molecule has 0 saturated heterocycles. The molecule has 5 heteroatoms. The summed E-state index contributed by atoms with van der Waals surface area (Å²) in [4.78, 5) is 12.0. The summed E-state index contributed by atoms with van der Waals surface area (Å²) in [6, 6.07) is 5.46. The normalized spacial score (nSPS) is 12.7. The second-order valence-corrected chi connectivity index (χ2v) is 6.48. The third-order valence-corrected chi connectivity index (χ3v) is 3.11. The lowest BCUT2D eigenvalue weighted by Crippen LogP contribution is -2.36. The average Bonchev–Trinajstić information content (AvgIpc) is 2.41. The molecule has 124 valence electrons. The Kier molecular flexibility index (Phi) is 6.09. The van der Waals surface area contributed by atoms with Crippen molar-refractivity contribution in [1.82, 2.24) is 5.32 Å². The van der Waals surface area contributed by atoms with E-state index in [0.717, 1.165) is 5.56 Å². The van der Waals surface area contributed by atoms with Crippen molar-refractivity contribution in [3.8, 4) is 11.5 Å². The quantitative estimate of drug-likeness (QED) is 0.895. The number of carbonyl (C=O) groups is 1. The second-order valence-electron chi connectivity index (χ2n) is 6.48. The monoisotopic (exact) mass is 309 g/mol. The highest BCUT2D eigenvalue weighted by molar-refractivity contribution is 5.68. The van der Waals surface area contributed by atoms with Crippen molar-refractivity contribution in [2.45, 2.75) is 46.3 Å². The van der Waals surface area contributed by atoms with Gasteiger partial charge >= 0.3 is 6.09 Å². The van der Waals surface area contributed by atoms with Gasteiger partial charge in [-0.3, -0.25) is 0 Å². The first-order valence-corrected chi connectivity index (χ1v) is 7.39. The maximum absolute atomic E-state index is 12.0. The largest absolute Gasteiger partial charge is 0.493 e. The molecule has 0 bridgehead atoms. The molecule has 1 amide bonds. The lowest BCUT2D eigenvalue weighted by atomic mass is 9.96. The number of methoxy groups -OCH3 is 2. The minimum absolute atomic E-state index is 0.172. The standard InChI is InChI=1S/C17H27NO4/c1-11(2)15(18-16(19)22-17(3,4)5)12-8-9-13(20-6)14(10-12)21-7/h8-11,15H,1-7H3,(H,18,19)/t15-/m0/s1. The zero-order valence-electron chi connectivity index (χ0n) is 14.5. The lowest BCUT2D eigenvalue weighted by Gasteiger charge is -2.26. The molecule has 1 aromatic rings. The van der Waals surface area contributed by atoms with Gasteiger partial charge in [0.05, 0.1) is 20.3 Å². The fourth-order valence-corrected chi connectivity index (χ4v) is 2.12. The summed E-state index contributed by atoms with van der Waals surface area (Å²) >= 11 is 0. The van der Waals surface area contributed by atoms with E-state index in [4.69, 9.17) is 14.2 Å². The molecule has 0 aliphatic heterocycles. The predicted molar refractivity (Wildman–Crippen MR) is 86.5 cm³/mol. The summed E-state index contributed by atoms with van der Waals surface area (Å²) in [5.74, 6) is 1.49. The van der Waals surface area contributed by atoms with Gasteiger partial charge in [-0.05, 0) is 44.4 Å². The van der Waals surface area contributed by atoms with E-state index in [1.165, 1.54) is 0 Å². The Balaban J connectivity index is 2.99. The van der Waals surface area contributed by atoms with Gasteiger partial charge in [0, 0.05) is 0 Å². The molecular formula is C17H27NO4. The topological polar surface area (TPSA) is 56.8 Å². The van der Waals surface area contributed by atoms with Crippen LogP contribution in [-0.4, -0.2) is 25.9 Å². The van der Waals surface area contributed by atoms with Crippen molar-refractivity contribution in [2.24, 2.45) is 5.92 Å². The smallest absolute Gasteiger partial charge is 0.408 e. The van der Waals surface area contributed by atoms with Crippen molar-refractivity contribution in [3.05, 3.63) is 23.8 Å². The Morgan fingerprint density at radius 3 is 2.14 bits per heavy atom. The van der Waals surface area contributed by atoms with Crippen LogP contribution < -0.4 is 14.8 Å². The Hall–Kier alpha value is -1.91. The zero-order chi connectivity index (χ0) is 16.9. The molecule has 1 aromatic carbocycles. The number of ether oxygens (including phenoxy) is 3. The number of alkyl carbamates (subject to hydrolysis) is 1. The fourth-order valence-electron chi connectivity index (χ4n) is 2.12. The molecule has 0 heterocycles. The molecule has 22 heavy (non-hydrogen) atoms. The van der Waals surface area contributed by atoms with E-state index in [1.807, 2.05) is 52.8 Å². The fraction of sp³-hybridized carbons (Fsp3) is 0.588. The summed E-state index contributed by atoms with van der Waals surface area (Å²) in [5.41, 5.74) is 0.418. The summed E-state index contributed by atoms with van der Waals surface area (Å²) < 4.78 is 15.9. The van der Waals surface area contributed by atoms with Crippen molar-refractivity contribution >= 4 is 6.09 Å². The molecule has 0 spiro atoms. The predicted octanol–water partition coefficient (Wildman–Crippen LogP) is 3.93. The van der Waals surface area contributed by atoms with Crippen molar-refractivity contribution in [1.29, 1.82) is 0 Å². The summed E-state index contributed by atoms with van der Waals surface area (Å²) in [5, 5.41) is 2.92. The molecule has 0 aromatic heterocycles. The van der Waals surface area contributed by atoms with Crippen LogP contribution in [0.4, 0.5) is 4.79 Å². The molecule has 0 saturated carbocycles. The first-order chi connectivity index (χ1) is 10.2. The highest BCUT2D eigenvalue weighted by atomic mass is 16.6. The number of amides is 1. The second kappa shape index (κ2) is 7.38. The molecule has 5 nitrogen and oxygen atoms in total. The van der Waals surface area contributed by atoms with E-state index in [9.17, 15) is 4.79 Å². The molecule has 1 rings (SSSR count). The van der Waals surface area contributed by atoms with Crippen molar-refractivity contribution in [2.75, 3.05) is 14.2 Å². The van der Waals surface area contributed by atoms with E-state index >= 15 is 0 Å². The van der Waals surface area contributed by atoms with Gasteiger partial charge in [-0.25, -0.2) is 4.79 Å². The van der Waals surface area contributed by atoms with Crippen LogP contribution >= 0.6 is 0 Å². The molecule has 1 atom stereocenters. The van der Waals surface area contributed by atoms with Gasteiger partial charge < -0.3 is 19.5 Å². The molecule has 0 fully saturated rings. The van der Waals surface area contributed by atoms with Crippen LogP contribution in [0.5, 0.6) is 11.5 Å². The molecule has 0 aliphatic rings. The third kappa shape index (κ3) is 5.13. The number of carbonyl (C=O) groups excluding carboxylic acids is 1. The van der Waals surface area contributed by atoms with E-state index in [-0.39, 0.29) is 12.0 Å². The van der Waals surface area contributed by atoms with Gasteiger partial charge in [0.25, 0.3) is 0 Å². The first-order valence-electron chi connectivity index (χ1n) is 7.39. The maximum atomic E-state index is 12.0. The highest BCUT2D eigenvalue weighted by Crippen LogP contribution is 2.32. The van der Waals surface area contributed by atoms with Gasteiger partial charge in [0.15, 0.2) is 11.5 Å². The third-order valence-electron chi connectivity index (χ3n) is 3.11. The molecule has 0 aliphatic carbocycles. The Labute approximate surface area is 132 Å². The Bertz CT molecular complexity index is 506. The van der Waals surface area contributed by atoms with Crippen LogP contribution in [0.25, 0.3) is 0 Å². The highest BCUT2D eigenvalue weighted by Gasteiger charge is 2.23. The molecule has 1 N–H and O–H groups in total. The summed E-state index contributed by atoms with van der Waals surface area (Å²) in [6.07, 6.45) is -0.430. The minimum Gasteiger partial charge on any atom is -0.493 e. The number of benzene rings is 1. The van der Waals surface area contributed by atoms with Crippen LogP contribution in [0, 0.1) is 5.92 Å². The van der Waals surface area contributed by atoms with Gasteiger partial charge in [0.2, 0.25) is 0 Å². The summed E-state index contributed by atoms with van der Waals surface area (Å²) in [6.45, 7) is 9.60. The molecule has 0 unspecified atom stereocenters. The van der Waals surface area contributed by atoms with Crippen molar-refractivity contribution < 1.29 is 19.0 Å². The molecule has 0 radical (unpaired) electrons. The minimum atomic E-state index is -0.525. The SMILES string of the molecule is COc1ccc([C@@H](NC(=O)OC(C)(C)C)C(C)C)cc1OC. The van der Waals surface area contributed by atoms with Crippen LogP contribution in [0.3, 0.4) is 0 Å². The number of hydrogen-bond donors (Lipinski definition) is 1. The van der Waals surface area contributed by atoms with Gasteiger partial charge in [0.1, 0.15) is 5.60 Å². The Morgan fingerprint density at radius 2 is 1.68 bits per heavy atom. The zero-order valence-corrected chi connectivity index (χ0v) is 14.5. The van der Waals surface area contributed by atoms with E-state index in [0.29, 0.717) is 11.5 Å². The van der Waals surface area contributed by atoms with Gasteiger partial charge in [-0.15, -0.1) is 0 Å². The van der Waals surface area contributed by atoms with Gasteiger partial charge in [-0.2, -0.15) is 0 Å². The number of rotatable bonds is 5. The van der Waals surface area contributed by atoms with Crippen LogP contribution in [0.15, 0.2) is 18.2 Å². The van der Waals surface area contributed by atoms with Crippen LogP contribution in [0.2, 0.25) is 0 Å². The first kappa shape index (κ1) is 18.1. The van der Waals surface area contributed by atoms with Crippen molar-refractivity contribution in [3.63, 3.8) is 0 Å². The van der Waals surface area contributed by atoms with Crippen LogP contribution in [-0.2, 0) is 4.74 Å². The van der Waals surface area contributed by atoms with Gasteiger partial charge in [-0.1, -0.05) is 19.9 Å². The van der Waals surface area contributed by atoms with E-state index in [2.05, 4.69) is 5.32 Å². The van der Waals surface area contributed by atoms with E-state index in [1.54, 1.807) is 14.2 Å².